The van der Waals surface area contributed by atoms with Crippen molar-refractivity contribution in [3.05, 3.63) is 108 Å². The summed E-state index contributed by atoms with van der Waals surface area (Å²) in [6.07, 6.45) is -2.14. The summed E-state index contributed by atoms with van der Waals surface area (Å²) < 4.78 is 17.4. The summed E-state index contributed by atoms with van der Waals surface area (Å²) in [6, 6.07) is 28.9. The fraction of sp³-hybridized carbons (Fsp3) is 0.269. The van der Waals surface area contributed by atoms with Crippen LogP contribution in [0.25, 0.3) is 0 Å². The van der Waals surface area contributed by atoms with E-state index in [1.807, 2.05) is 91.0 Å². The highest BCUT2D eigenvalue weighted by Crippen LogP contribution is 2.15. The lowest BCUT2D eigenvalue weighted by Crippen LogP contribution is -2.44. The average molecular weight is 421 g/mol. The molecule has 1 N–H and O–H groups in total. The summed E-state index contributed by atoms with van der Waals surface area (Å²) in [6.45, 7) is 0.876. The molecule has 0 bridgehead atoms. The predicted molar refractivity (Wildman–Crippen MR) is 118 cm³/mol. The minimum absolute atomic E-state index is 0.0212. The first-order valence-electron chi connectivity index (χ1n) is 10.3. The van der Waals surface area contributed by atoms with Gasteiger partial charge in [-0.2, -0.15) is 0 Å². The highest BCUT2D eigenvalue weighted by molar-refractivity contribution is 5.57. The van der Waals surface area contributed by atoms with Crippen LogP contribution in [0.4, 0.5) is 0 Å². The second-order valence-corrected chi connectivity index (χ2v) is 7.23. The molecule has 0 heterocycles. The Balaban J connectivity index is 1.62. The maximum atomic E-state index is 11.8. The maximum Gasteiger partial charge on any atom is 0.151 e. The van der Waals surface area contributed by atoms with E-state index in [4.69, 9.17) is 14.2 Å². The van der Waals surface area contributed by atoms with Gasteiger partial charge in [-0.3, -0.25) is 0 Å². The van der Waals surface area contributed by atoms with Gasteiger partial charge in [0, 0.05) is 0 Å². The molecule has 0 unspecified atom stereocenters. The molecule has 31 heavy (non-hydrogen) atoms. The first-order chi connectivity index (χ1) is 15.3. The summed E-state index contributed by atoms with van der Waals surface area (Å²) in [7, 11) is 0. The predicted octanol–water partition coefficient (Wildman–Crippen LogP) is 3.93. The summed E-state index contributed by atoms with van der Waals surface area (Å²) in [5.41, 5.74) is 2.88. The summed E-state index contributed by atoms with van der Waals surface area (Å²) in [5, 5.41) is 10.8. The topological polar surface area (TPSA) is 65.0 Å². The molecule has 0 fully saturated rings. The Labute approximate surface area is 183 Å². The Hall–Kier alpha value is -2.83. The zero-order valence-electron chi connectivity index (χ0n) is 17.4. The Morgan fingerprint density at radius 3 is 1.61 bits per heavy atom. The Bertz CT molecular complexity index is 870. The lowest BCUT2D eigenvalue weighted by molar-refractivity contribution is -0.156. The highest BCUT2D eigenvalue weighted by Gasteiger charge is 2.30. The van der Waals surface area contributed by atoms with Crippen LogP contribution in [0, 0.1) is 0 Å². The third-order valence-electron chi connectivity index (χ3n) is 4.81. The maximum absolute atomic E-state index is 11.8. The molecular formula is C26H28O5. The second-order valence-electron chi connectivity index (χ2n) is 7.23. The van der Waals surface area contributed by atoms with Crippen LogP contribution in [0.2, 0.25) is 0 Å². The molecule has 3 aromatic rings. The first-order valence-corrected chi connectivity index (χ1v) is 10.3. The van der Waals surface area contributed by atoms with Gasteiger partial charge in [0.2, 0.25) is 0 Å². The molecule has 0 aliphatic heterocycles. The largest absolute Gasteiger partial charge is 0.388 e. The fourth-order valence-corrected chi connectivity index (χ4v) is 3.14. The smallest absolute Gasteiger partial charge is 0.151 e. The normalized spacial score (nSPS) is 14.0. The Morgan fingerprint density at radius 2 is 1.13 bits per heavy atom. The van der Waals surface area contributed by atoms with Gasteiger partial charge in [0.05, 0.1) is 26.4 Å². The molecule has 162 valence electrons. The van der Waals surface area contributed by atoms with Crippen molar-refractivity contribution in [2.24, 2.45) is 0 Å². The van der Waals surface area contributed by atoms with E-state index in [-0.39, 0.29) is 19.8 Å². The van der Waals surface area contributed by atoms with Gasteiger partial charge < -0.3 is 24.1 Å². The third-order valence-corrected chi connectivity index (χ3v) is 4.81. The standard InChI is InChI=1S/C26H28O5/c27-16-25(30-18-22-12-6-2-7-13-22)26(31-19-23-14-8-3-9-15-23)24(28)20-29-17-21-10-4-1-5-11-21/h1-16,24-26,28H,17-20H2/t24-,25-,26+/m1/s1. The summed E-state index contributed by atoms with van der Waals surface area (Å²) in [4.78, 5) is 11.8. The summed E-state index contributed by atoms with van der Waals surface area (Å²) >= 11 is 0. The first kappa shape index (κ1) is 22.8. The van der Waals surface area contributed by atoms with Crippen molar-refractivity contribution in [3.63, 3.8) is 0 Å². The van der Waals surface area contributed by atoms with E-state index >= 15 is 0 Å². The van der Waals surface area contributed by atoms with Crippen molar-refractivity contribution in [2.75, 3.05) is 6.61 Å². The number of aliphatic hydroxyl groups is 1. The molecule has 5 heteroatoms. The van der Waals surface area contributed by atoms with Gasteiger partial charge in [-0.25, -0.2) is 0 Å². The zero-order valence-corrected chi connectivity index (χ0v) is 17.4. The number of hydrogen-bond acceptors (Lipinski definition) is 5. The molecule has 3 rings (SSSR count). The van der Waals surface area contributed by atoms with Gasteiger partial charge in [0.25, 0.3) is 0 Å². The monoisotopic (exact) mass is 420 g/mol. The van der Waals surface area contributed by atoms with Gasteiger partial charge in [-0.1, -0.05) is 91.0 Å². The van der Waals surface area contributed by atoms with Gasteiger partial charge in [0.1, 0.15) is 18.3 Å². The van der Waals surface area contributed by atoms with Gasteiger partial charge >= 0.3 is 0 Å². The number of hydrogen-bond donors (Lipinski definition) is 1. The number of rotatable bonds is 13. The molecule has 0 aliphatic carbocycles. The molecule has 0 saturated heterocycles. The van der Waals surface area contributed by atoms with E-state index in [1.54, 1.807) is 0 Å². The van der Waals surface area contributed by atoms with E-state index in [1.165, 1.54) is 0 Å². The Morgan fingerprint density at radius 1 is 0.677 bits per heavy atom. The van der Waals surface area contributed by atoms with Crippen LogP contribution in [0.5, 0.6) is 0 Å². The quantitative estimate of drug-likeness (QED) is 0.425. The SMILES string of the molecule is O=C[C@@H](OCc1ccccc1)[C@@H](OCc1ccccc1)[C@H](O)COCc1ccccc1. The molecule has 3 atom stereocenters. The van der Waals surface area contributed by atoms with Gasteiger partial charge in [-0.05, 0) is 16.7 Å². The van der Waals surface area contributed by atoms with Gasteiger partial charge in [-0.15, -0.1) is 0 Å². The third kappa shape index (κ3) is 7.74. The molecule has 0 spiro atoms. The van der Waals surface area contributed by atoms with E-state index in [0.29, 0.717) is 12.9 Å². The number of aliphatic hydroxyl groups excluding tert-OH is 1. The van der Waals surface area contributed by atoms with Crippen LogP contribution in [-0.4, -0.2) is 36.3 Å². The number of benzene rings is 3. The van der Waals surface area contributed by atoms with Crippen molar-refractivity contribution in [3.8, 4) is 0 Å². The number of ether oxygens (including phenoxy) is 3. The zero-order chi connectivity index (χ0) is 21.7. The fourth-order valence-electron chi connectivity index (χ4n) is 3.14. The van der Waals surface area contributed by atoms with Crippen molar-refractivity contribution in [1.29, 1.82) is 0 Å². The van der Waals surface area contributed by atoms with Crippen molar-refractivity contribution < 1.29 is 24.1 Å². The van der Waals surface area contributed by atoms with Crippen molar-refractivity contribution >= 4 is 6.29 Å². The van der Waals surface area contributed by atoms with Gasteiger partial charge in [0.15, 0.2) is 6.29 Å². The molecule has 0 radical (unpaired) electrons. The van der Waals surface area contributed by atoms with Crippen LogP contribution in [0.3, 0.4) is 0 Å². The average Bonchev–Trinajstić information content (AvgIpc) is 2.83. The molecule has 0 saturated carbocycles. The van der Waals surface area contributed by atoms with Crippen LogP contribution < -0.4 is 0 Å². The molecule has 0 aliphatic rings. The lowest BCUT2D eigenvalue weighted by Gasteiger charge is -2.28. The molecular weight excluding hydrogens is 392 g/mol. The van der Waals surface area contributed by atoms with Crippen LogP contribution in [-0.2, 0) is 38.8 Å². The Kier molecular flexibility index (Phi) is 9.41. The molecule has 5 nitrogen and oxygen atoms in total. The number of carbonyl (C=O) groups is 1. The van der Waals surface area contributed by atoms with Crippen LogP contribution in [0.15, 0.2) is 91.0 Å². The van der Waals surface area contributed by atoms with E-state index in [0.717, 1.165) is 16.7 Å². The minimum atomic E-state index is -1.03. The van der Waals surface area contributed by atoms with Crippen molar-refractivity contribution in [1.82, 2.24) is 0 Å². The molecule has 3 aromatic carbocycles. The summed E-state index contributed by atoms with van der Waals surface area (Å²) in [5.74, 6) is 0. The molecule has 0 aromatic heterocycles. The van der Waals surface area contributed by atoms with Crippen LogP contribution >= 0.6 is 0 Å². The lowest BCUT2D eigenvalue weighted by atomic mass is 10.1. The van der Waals surface area contributed by atoms with Crippen LogP contribution in [0.1, 0.15) is 16.7 Å². The second kappa shape index (κ2) is 12.8. The minimum Gasteiger partial charge on any atom is -0.388 e. The van der Waals surface area contributed by atoms with E-state index in [9.17, 15) is 9.90 Å². The van der Waals surface area contributed by atoms with E-state index < -0.39 is 18.3 Å². The number of carbonyl (C=O) groups excluding carboxylic acids is 1. The van der Waals surface area contributed by atoms with E-state index in [2.05, 4.69) is 0 Å². The van der Waals surface area contributed by atoms with Crippen molar-refractivity contribution in [2.45, 2.75) is 38.1 Å². The number of aldehydes is 1. The molecule has 0 amide bonds. The highest BCUT2D eigenvalue weighted by atomic mass is 16.6.